The van der Waals surface area contributed by atoms with Gasteiger partial charge in [0, 0.05) is 0 Å². The molecule has 0 amide bonds. The third-order valence-electron chi connectivity index (χ3n) is 4.85. The first kappa shape index (κ1) is 15.9. The normalized spacial score (nSPS) is 18.6. The molecular formula is C19H27NO. The largest absolute Gasteiger partial charge is 0.494 e. The van der Waals surface area contributed by atoms with Gasteiger partial charge in [-0.25, -0.2) is 0 Å². The van der Waals surface area contributed by atoms with Gasteiger partial charge in [-0.2, -0.15) is 5.26 Å². The molecule has 2 rings (SSSR count). The minimum atomic E-state index is -0.269. The molecule has 114 valence electrons. The molecule has 0 aromatic heterocycles. The van der Waals surface area contributed by atoms with Gasteiger partial charge >= 0.3 is 0 Å². The Hall–Kier alpha value is -1.49. The Morgan fingerprint density at radius 2 is 1.62 bits per heavy atom. The lowest BCUT2D eigenvalue weighted by Crippen LogP contribution is -2.48. The van der Waals surface area contributed by atoms with Crippen LogP contribution in [0.1, 0.15) is 64.9 Å². The average Bonchev–Trinajstić information content (AvgIpc) is 2.45. The topological polar surface area (TPSA) is 33.0 Å². The molecule has 21 heavy (non-hydrogen) atoms. The van der Waals surface area contributed by atoms with E-state index in [-0.39, 0.29) is 5.41 Å². The molecule has 1 aromatic carbocycles. The number of nitriles is 1. The van der Waals surface area contributed by atoms with Crippen LogP contribution in [0.15, 0.2) is 24.3 Å². The lowest BCUT2D eigenvalue weighted by molar-refractivity contribution is 0.0357. The number of ether oxygens (including phenoxy) is 1. The van der Waals surface area contributed by atoms with Gasteiger partial charge < -0.3 is 4.74 Å². The maximum absolute atomic E-state index is 9.75. The molecule has 0 unspecified atom stereocenters. The monoisotopic (exact) mass is 285 g/mol. The third kappa shape index (κ3) is 3.07. The van der Waals surface area contributed by atoms with E-state index in [2.05, 4.69) is 32.0 Å². The Morgan fingerprint density at radius 3 is 2.05 bits per heavy atom. The first-order valence-electron chi connectivity index (χ1n) is 8.28. The van der Waals surface area contributed by atoms with Gasteiger partial charge in [0.05, 0.1) is 18.1 Å². The Labute approximate surface area is 129 Å². The second kappa shape index (κ2) is 6.52. The molecule has 0 N–H and O–H groups in total. The number of hydrogen-bond acceptors (Lipinski definition) is 2. The lowest BCUT2D eigenvalue weighted by Gasteiger charge is -2.53. The summed E-state index contributed by atoms with van der Waals surface area (Å²) < 4.78 is 5.49. The number of benzene rings is 1. The SMILES string of the molecule is CCCC1(CCC)CC(C#N)(c2ccc(OCC)cc2)C1. The second-order valence-corrected chi connectivity index (χ2v) is 6.50. The third-order valence-corrected chi connectivity index (χ3v) is 4.85. The molecule has 0 bridgehead atoms. The van der Waals surface area contributed by atoms with Gasteiger partial charge in [0.25, 0.3) is 0 Å². The van der Waals surface area contributed by atoms with E-state index < -0.39 is 0 Å². The van der Waals surface area contributed by atoms with Crippen molar-refractivity contribution >= 4 is 0 Å². The van der Waals surface area contributed by atoms with Gasteiger partial charge in [-0.15, -0.1) is 0 Å². The summed E-state index contributed by atoms with van der Waals surface area (Å²) in [5.41, 5.74) is 1.30. The summed E-state index contributed by atoms with van der Waals surface area (Å²) >= 11 is 0. The van der Waals surface area contributed by atoms with Gasteiger partial charge in [0.2, 0.25) is 0 Å². The van der Waals surface area contributed by atoms with E-state index in [9.17, 15) is 5.26 Å². The highest BCUT2D eigenvalue weighted by Gasteiger charge is 2.54. The summed E-state index contributed by atoms with van der Waals surface area (Å²) in [6.07, 6.45) is 6.97. The Kier molecular flexibility index (Phi) is 4.93. The molecule has 0 spiro atoms. The minimum absolute atomic E-state index is 0.269. The van der Waals surface area contributed by atoms with Crippen LogP contribution in [0.5, 0.6) is 5.75 Å². The second-order valence-electron chi connectivity index (χ2n) is 6.50. The Morgan fingerprint density at radius 1 is 1.05 bits per heavy atom. The zero-order valence-corrected chi connectivity index (χ0v) is 13.6. The zero-order chi connectivity index (χ0) is 15.3. The van der Waals surface area contributed by atoms with Crippen molar-refractivity contribution in [1.82, 2.24) is 0 Å². The fourth-order valence-corrected chi connectivity index (χ4v) is 4.15. The predicted molar refractivity (Wildman–Crippen MR) is 86.4 cm³/mol. The summed E-state index contributed by atoms with van der Waals surface area (Å²) in [7, 11) is 0. The quantitative estimate of drug-likeness (QED) is 0.687. The highest BCUT2D eigenvalue weighted by molar-refractivity contribution is 5.40. The maximum atomic E-state index is 9.75. The Bertz CT molecular complexity index is 483. The molecule has 2 nitrogen and oxygen atoms in total. The van der Waals surface area contributed by atoms with Gasteiger partial charge in [-0.05, 0) is 55.7 Å². The van der Waals surface area contributed by atoms with Crippen LogP contribution in [0, 0.1) is 16.7 Å². The van der Waals surface area contributed by atoms with E-state index in [1.807, 2.05) is 19.1 Å². The van der Waals surface area contributed by atoms with Crippen LogP contribution in [0.3, 0.4) is 0 Å². The van der Waals surface area contributed by atoms with E-state index in [1.165, 1.54) is 25.7 Å². The fraction of sp³-hybridized carbons (Fsp3) is 0.632. The number of nitrogens with zero attached hydrogens (tertiary/aromatic N) is 1. The summed E-state index contributed by atoms with van der Waals surface area (Å²) in [6.45, 7) is 7.17. The van der Waals surface area contributed by atoms with Crippen LogP contribution in [0.4, 0.5) is 0 Å². The van der Waals surface area contributed by atoms with Gasteiger partial charge in [-0.1, -0.05) is 38.8 Å². The van der Waals surface area contributed by atoms with Crippen LogP contribution in [0.2, 0.25) is 0 Å². The predicted octanol–water partition coefficient (Wildman–Crippen LogP) is 5.23. The van der Waals surface area contributed by atoms with Gasteiger partial charge in [-0.3, -0.25) is 0 Å². The minimum Gasteiger partial charge on any atom is -0.494 e. The van der Waals surface area contributed by atoms with Crippen molar-refractivity contribution in [2.75, 3.05) is 6.61 Å². The van der Waals surface area contributed by atoms with Crippen molar-refractivity contribution < 1.29 is 4.74 Å². The highest BCUT2D eigenvalue weighted by Crippen LogP contribution is 2.60. The smallest absolute Gasteiger partial charge is 0.119 e. The van der Waals surface area contributed by atoms with Gasteiger partial charge in [0.1, 0.15) is 5.75 Å². The average molecular weight is 285 g/mol. The maximum Gasteiger partial charge on any atom is 0.119 e. The van der Waals surface area contributed by atoms with E-state index >= 15 is 0 Å². The van der Waals surface area contributed by atoms with E-state index in [0.717, 1.165) is 24.2 Å². The van der Waals surface area contributed by atoms with E-state index in [1.54, 1.807) is 0 Å². The molecule has 1 saturated carbocycles. The van der Waals surface area contributed by atoms with Crippen LogP contribution < -0.4 is 4.74 Å². The van der Waals surface area contributed by atoms with Crippen LogP contribution in [-0.2, 0) is 5.41 Å². The summed E-state index contributed by atoms with van der Waals surface area (Å²) in [5.74, 6) is 0.891. The first-order valence-corrected chi connectivity index (χ1v) is 8.28. The van der Waals surface area contributed by atoms with E-state index in [0.29, 0.717) is 12.0 Å². The highest BCUT2D eigenvalue weighted by atomic mass is 16.5. The molecule has 1 aromatic rings. The summed E-state index contributed by atoms with van der Waals surface area (Å²) in [6, 6.07) is 10.8. The molecule has 2 heteroatoms. The van der Waals surface area contributed by atoms with Crippen molar-refractivity contribution in [3.05, 3.63) is 29.8 Å². The molecule has 0 radical (unpaired) electrons. The number of rotatable bonds is 7. The van der Waals surface area contributed by atoms with Gasteiger partial charge in [0.15, 0.2) is 0 Å². The first-order chi connectivity index (χ1) is 10.1. The molecule has 0 aliphatic heterocycles. The molecule has 0 heterocycles. The Balaban J connectivity index is 2.16. The van der Waals surface area contributed by atoms with Crippen LogP contribution >= 0.6 is 0 Å². The number of hydrogen-bond donors (Lipinski definition) is 0. The van der Waals surface area contributed by atoms with Crippen LogP contribution in [-0.4, -0.2) is 6.61 Å². The van der Waals surface area contributed by atoms with Crippen molar-refractivity contribution in [3.8, 4) is 11.8 Å². The summed E-state index contributed by atoms with van der Waals surface area (Å²) in [5, 5.41) is 9.75. The van der Waals surface area contributed by atoms with Crippen molar-refractivity contribution in [1.29, 1.82) is 5.26 Å². The van der Waals surface area contributed by atoms with E-state index in [4.69, 9.17) is 4.74 Å². The lowest BCUT2D eigenvalue weighted by atomic mass is 9.48. The molecule has 1 fully saturated rings. The molecular weight excluding hydrogens is 258 g/mol. The van der Waals surface area contributed by atoms with Crippen molar-refractivity contribution in [3.63, 3.8) is 0 Å². The molecule has 1 aliphatic rings. The van der Waals surface area contributed by atoms with Crippen molar-refractivity contribution in [2.24, 2.45) is 5.41 Å². The standard InChI is InChI=1S/C19H27NO/c1-4-11-18(12-5-2)13-19(14-18,15-20)16-7-9-17(10-8-16)21-6-3/h7-10H,4-6,11-14H2,1-3H3. The fourth-order valence-electron chi connectivity index (χ4n) is 4.15. The molecule has 1 aliphatic carbocycles. The van der Waals surface area contributed by atoms with Crippen molar-refractivity contribution in [2.45, 2.75) is 64.7 Å². The molecule has 0 saturated heterocycles. The van der Waals surface area contributed by atoms with Crippen LogP contribution in [0.25, 0.3) is 0 Å². The molecule has 0 atom stereocenters. The summed E-state index contributed by atoms with van der Waals surface area (Å²) in [4.78, 5) is 0. The zero-order valence-electron chi connectivity index (χ0n) is 13.6.